The van der Waals surface area contributed by atoms with Crippen molar-refractivity contribution in [3.05, 3.63) is 101 Å². The number of ether oxygens (including phenoxy) is 2. The molecule has 3 aromatic carbocycles. The first-order valence-electron chi connectivity index (χ1n) is 11.7. The lowest BCUT2D eigenvalue weighted by Crippen LogP contribution is -2.66. The average molecular weight is 540 g/mol. The van der Waals surface area contributed by atoms with Gasteiger partial charge >= 0.3 is 0 Å². The molecule has 0 aliphatic rings. The second kappa shape index (κ2) is 12.5. The van der Waals surface area contributed by atoms with E-state index in [1.54, 1.807) is 7.11 Å². The Bertz CT molecular complexity index is 989. The molecule has 3 nitrogen and oxygen atoms in total. The third-order valence-electron chi connectivity index (χ3n) is 5.93. The number of hydrogen-bond donors (Lipinski definition) is 0. The highest BCUT2D eigenvalue weighted by molar-refractivity contribution is 9.11. The molecular formula is C29H35BrO3Si. The van der Waals surface area contributed by atoms with Crippen LogP contribution < -0.4 is 15.1 Å². The summed E-state index contributed by atoms with van der Waals surface area (Å²) < 4.78 is 19.1. The second-order valence-corrected chi connectivity index (χ2v) is 14.6. The van der Waals surface area contributed by atoms with Crippen molar-refractivity contribution in [1.82, 2.24) is 0 Å². The number of hydrogen-bond acceptors (Lipinski definition) is 3. The quantitative estimate of drug-likeness (QED) is 0.207. The molecule has 5 heteroatoms. The van der Waals surface area contributed by atoms with Gasteiger partial charge in [0.05, 0.1) is 26.9 Å². The van der Waals surface area contributed by atoms with Crippen LogP contribution in [0.3, 0.4) is 0 Å². The largest absolute Gasteiger partial charge is 0.497 e. The Morgan fingerprint density at radius 1 is 0.853 bits per heavy atom. The van der Waals surface area contributed by atoms with Crippen molar-refractivity contribution in [3.8, 4) is 5.75 Å². The highest BCUT2D eigenvalue weighted by atomic mass is 79.9. The number of halogens is 1. The van der Waals surface area contributed by atoms with E-state index in [0.29, 0.717) is 19.8 Å². The first kappa shape index (κ1) is 26.4. The molecule has 3 rings (SSSR count). The maximum Gasteiger partial charge on any atom is 0.261 e. The summed E-state index contributed by atoms with van der Waals surface area (Å²) in [6.45, 7) is 8.67. The normalized spacial score (nSPS) is 12.6. The van der Waals surface area contributed by atoms with Crippen LogP contribution in [0.25, 0.3) is 0 Å². The van der Waals surface area contributed by atoms with Gasteiger partial charge in [0.15, 0.2) is 0 Å². The van der Waals surface area contributed by atoms with Crippen LogP contribution in [0.15, 0.2) is 95.5 Å². The maximum absolute atomic E-state index is 6.91. The third-order valence-corrected chi connectivity index (χ3v) is 11.7. The SMILES string of the molecule is COc1ccc(COCC/C(Br)=C\CO[Si](c2ccccc2)(c2ccccc2)C(C)(C)C)cc1. The third kappa shape index (κ3) is 6.69. The molecule has 0 spiro atoms. The van der Waals surface area contributed by atoms with Crippen LogP contribution in [0, 0.1) is 0 Å². The predicted octanol–water partition coefficient (Wildman–Crippen LogP) is 6.46. The fraction of sp³-hybridized carbons (Fsp3) is 0.310. The molecule has 0 fully saturated rings. The van der Waals surface area contributed by atoms with Gasteiger partial charge in [0.1, 0.15) is 5.75 Å². The molecule has 0 aliphatic heterocycles. The van der Waals surface area contributed by atoms with Crippen molar-refractivity contribution in [3.63, 3.8) is 0 Å². The van der Waals surface area contributed by atoms with E-state index in [1.807, 2.05) is 24.3 Å². The molecule has 0 unspecified atom stereocenters. The fourth-order valence-electron chi connectivity index (χ4n) is 4.20. The van der Waals surface area contributed by atoms with Crippen LogP contribution in [0.5, 0.6) is 5.75 Å². The van der Waals surface area contributed by atoms with Gasteiger partial charge in [0.25, 0.3) is 8.32 Å². The molecule has 0 radical (unpaired) electrons. The van der Waals surface area contributed by atoms with Gasteiger partial charge in [-0.15, -0.1) is 0 Å². The molecule has 180 valence electrons. The van der Waals surface area contributed by atoms with E-state index in [4.69, 9.17) is 13.9 Å². The van der Waals surface area contributed by atoms with E-state index in [9.17, 15) is 0 Å². The molecule has 0 aromatic heterocycles. The number of methoxy groups -OCH3 is 1. The maximum atomic E-state index is 6.91. The molecule has 0 amide bonds. The van der Waals surface area contributed by atoms with E-state index >= 15 is 0 Å². The molecule has 0 saturated heterocycles. The zero-order valence-electron chi connectivity index (χ0n) is 20.6. The first-order valence-corrected chi connectivity index (χ1v) is 14.4. The topological polar surface area (TPSA) is 27.7 Å². The molecule has 3 aromatic rings. The Balaban J connectivity index is 1.65. The van der Waals surface area contributed by atoms with E-state index in [1.165, 1.54) is 10.4 Å². The lowest BCUT2D eigenvalue weighted by molar-refractivity contribution is 0.125. The lowest BCUT2D eigenvalue weighted by Gasteiger charge is -2.42. The van der Waals surface area contributed by atoms with Gasteiger partial charge in [-0.1, -0.05) is 109 Å². The Morgan fingerprint density at radius 3 is 1.91 bits per heavy atom. The Labute approximate surface area is 214 Å². The van der Waals surface area contributed by atoms with Crippen LogP contribution >= 0.6 is 15.9 Å². The Morgan fingerprint density at radius 2 is 1.41 bits per heavy atom. The first-order chi connectivity index (χ1) is 16.4. The smallest absolute Gasteiger partial charge is 0.261 e. The minimum absolute atomic E-state index is 0.0303. The Kier molecular flexibility index (Phi) is 9.71. The standard InChI is InChI=1S/C29H35BrO3Si/c1-29(2,3)34(27-11-7-5-8-12-27,28-13-9-6-10-14-28)33-22-20-25(30)19-21-32-23-24-15-17-26(31-4)18-16-24/h5-18,20H,19,21-23H2,1-4H3/b25-20+. The summed E-state index contributed by atoms with van der Waals surface area (Å²) >= 11 is 3.71. The molecule has 0 N–H and O–H groups in total. The summed E-state index contributed by atoms with van der Waals surface area (Å²) in [5.74, 6) is 0.857. The van der Waals surface area contributed by atoms with Gasteiger partial charge < -0.3 is 13.9 Å². The van der Waals surface area contributed by atoms with Crippen LogP contribution in [0.1, 0.15) is 32.8 Å². The molecule has 0 aliphatic carbocycles. The Hall–Kier alpha value is -2.18. The second-order valence-electron chi connectivity index (χ2n) is 9.28. The van der Waals surface area contributed by atoms with Crippen LogP contribution in [0.4, 0.5) is 0 Å². The summed E-state index contributed by atoms with van der Waals surface area (Å²) in [6.07, 6.45) is 2.94. The van der Waals surface area contributed by atoms with Gasteiger partial charge in [-0.25, -0.2) is 0 Å². The molecule has 0 heterocycles. The van der Waals surface area contributed by atoms with Crippen molar-refractivity contribution >= 4 is 34.6 Å². The molecule has 0 saturated carbocycles. The number of rotatable bonds is 11. The minimum Gasteiger partial charge on any atom is -0.497 e. The van der Waals surface area contributed by atoms with Gasteiger partial charge in [-0.3, -0.25) is 0 Å². The van der Waals surface area contributed by atoms with E-state index in [0.717, 1.165) is 22.2 Å². The monoisotopic (exact) mass is 538 g/mol. The minimum atomic E-state index is -2.51. The predicted molar refractivity (Wildman–Crippen MR) is 148 cm³/mol. The zero-order chi connectivity index (χ0) is 24.4. The van der Waals surface area contributed by atoms with Crippen molar-refractivity contribution < 1.29 is 13.9 Å². The van der Waals surface area contributed by atoms with Crippen molar-refractivity contribution in [2.24, 2.45) is 0 Å². The van der Waals surface area contributed by atoms with E-state index < -0.39 is 8.32 Å². The van der Waals surface area contributed by atoms with Crippen LogP contribution in [-0.2, 0) is 15.8 Å². The van der Waals surface area contributed by atoms with Gasteiger partial charge in [0, 0.05) is 6.42 Å². The summed E-state index contributed by atoms with van der Waals surface area (Å²) in [4.78, 5) is 0. The number of benzene rings is 3. The van der Waals surface area contributed by atoms with Crippen molar-refractivity contribution in [1.29, 1.82) is 0 Å². The molecule has 34 heavy (non-hydrogen) atoms. The molecular weight excluding hydrogens is 504 g/mol. The molecule has 0 atom stereocenters. The van der Waals surface area contributed by atoms with Gasteiger partial charge in [0.2, 0.25) is 0 Å². The van der Waals surface area contributed by atoms with Crippen molar-refractivity contribution in [2.75, 3.05) is 20.3 Å². The highest BCUT2D eigenvalue weighted by Gasteiger charge is 2.49. The lowest BCUT2D eigenvalue weighted by atomic mass is 10.2. The van der Waals surface area contributed by atoms with Crippen molar-refractivity contribution in [2.45, 2.75) is 38.8 Å². The zero-order valence-corrected chi connectivity index (χ0v) is 23.2. The summed E-state index contributed by atoms with van der Waals surface area (Å²) in [5.41, 5.74) is 1.14. The van der Waals surface area contributed by atoms with Gasteiger partial charge in [-0.05, 0) is 43.7 Å². The highest BCUT2D eigenvalue weighted by Crippen LogP contribution is 2.36. The van der Waals surface area contributed by atoms with Crippen LogP contribution in [-0.4, -0.2) is 28.6 Å². The summed E-state index contributed by atoms with van der Waals surface area (Å²) in [5, 5.41) is 2.56. The molecule has 0 bridgehead atoms. The average Bonchev–Trinajstić information content (AvgIpc) is 2.85. The van der Waals surface area contributed by atoms with Gasteiger partial charge in [-0.2, -0.15) is 0 Å². The van der Waals surface area contributed by atoms with E-state index in [-0.39, 0.29) is 5.04 Å². The van der Waals surface area contributed by atoms with E-state index in [2.05, 4.69) is 103 Å². The fourth-order valence-corrected chi connectivity index (χ4v) is 8.99. The van der Waals surface area contributed by atoms with Crippen LogP contribution in [0.2, 0.25) is 5.04 Å². The summed E-state index contributed by atoms with van der Waals surface area (Å²) in [7, 11) is -0.840. The summed E-state index contributed by atoms with van der Waals surface area (Å²) in [6, 6.07) is 29.4.